The van der Waals surface area contributed by atoms with Gasteiger partial charge in [0.15, 0.2) is 11.4 Å². The first-order chi connectivity index (χ1) is 32.7. The predicted molar refractivity (Wildman–Crippen MR) is 248 cm³/mol. The van der Waals surface area contributed by atoms with Crippen LogP contribution in [0.25, 0.3) is 98.1 Å². The highest BCUT2D eigenvalue weighted by molar-refractivity contribution is 6.12. The Balaban J connectivity index is 1.29. The van der Waals surface area contributed by atoms with E-state index in [0.717, 1.165) is 6.07 Å². The molecule has 0 N–H and O–H groups in total. The largest absolute Gasteiger partial charge is 0.417 e. The molecule has 13 heteroatoms. The molecule has 0 atom stereocenters. The van der Waals surface area contributed by atoms with Gasteiger partial charge in [0, 0.05) is 38.2 Å². The Labute approximate surface area is 382 Å². The molecule has 0 aliphatic rings. The summed E-state index contributed by atoms with van der Waals surface area (Å²) in [6, 6.07) is 45.4. The number of alkyl halides is 6. The number of hydrogen-bond donors (Lipinski definition) is 0. The highest BCUT2D eigenvalue weighted by Crippen LogP contribution is 2.47. The maximum atomic E-state index is 15.3. The molecule has 0 aliphatic heterocycles. The van der Waals surface area contributed by atoms with E-state index in [1.54, 1.807) is 94.1 Å². The van der Waals surface area contributed by atoms with Gasteiger partial charge < -0.3 is 9.13 Å². The Kier molecular flexibility index (Phi) is 9.85. The lowest BCUT2D eigenvalue weighted by Gasteiger charge is -2.22. The minimum absolute atomic E-state index is 0.0295. The molecule has 322 valence electrons. The summed E-state index contributed by atoms with van der Waals surface area (Å²) < 4.78 is 91.8. The summed E-state index contributed by atoms with van der Waals surface area (Å²) in [5.74, 6) is 0. The lowest BCUT2D eigenvalue weighted by molar-refractivity contribution is -0.142. The molecule has 68 heavy (non-hydrogen) atoms. The molecule has 2 heterocycles. The van der Waals surface area contributed by atoms with E-state index in [0.29, 0.717) is 71.9 Å². The number of fused-ring (bicyclic) bond motifs is 6. The van der Waals surface area contributed by atoms with Gasteiger partial charge in [-0.15, -0.1) is 0 Å². The summed E-state index contributed by atoms with van der Waals surface area (Å²) in [5.41, 5.74) is 2.19. The van der Waals surface area contributed by atoms with Crippen LogP contribution >= 0.6 is 0 Å². The number of benzene rings is 8. The number of para-hydroxylation sites is 2. The Hall–Kier alpha value is -9.61. The van der Waals surface area contributed by atoms with Gasteiger partial charge in [-0.1, -0.05) is 54.6 Å². The van der Waals surface area contributed by atoms with Gasteiger partial charge in [-0.25, -0.2) is 9.69 Å². The van der Waals surface area contributed by atoms with Gasteiger partial charge in [0.2, 0.25) is 0 Å². The van der Waals surface area contributed by atoms with E-state index in [9.17, 15) is 29.0 Å². The zero-order valence-corrected chi connectivity index (χ0v) is 34.8. The van der Waals surface area contributed by atoms with Crippen molar-refractivity contribution < 1.29 is 26.3 Å². The fourth-order valence-electron chi connectivity index (χ4n) is 9.08. The number of rotatable bonds is 5. The van der Waals surface area contributed by atoms with Crippen molar-refractivity contribution in [3.63, 3.8) is 0 Å². The number of nitriles is 3. The van der Waals surface area contributed by atoms with E-state index in [1.165, 1.54) is 24.3 Å². The predicted octanol–water partition coefficient (Wildman–Crippen LogP) is 15.6. The molecule has 7 nitrogen and oxygen atoms in total. The smallest absolute Gasteiger partial charge is 0.309 e. The number of hydrogen-bond acceptors (Lipinski definition) is 3. The van der Waals surface area contributed by atoms with E-state index < -0.39 is 29.0 Å². The molecule has 0 bridgehead atoms. The monoisotopic (exact) mass is 897 g/mol. The van der Waals surface area contributed by atoms with Crippen molar-refractivity contribution in [1.29, 1.82) is 15.8 Å². The first kappa shape index (κ1) is 42.3. The van der Waals surface area contributed by atoms with Crippen molar-refractivity contribution >= 4 is 55.0 Å². The van der Waals surface area contributed by atoms with Crippen LogP contribution in [0.15, 0.2) is 152 Å². The minimum atomic E-state index is -5.26. The Morgan fingerprint density at radius 3 is 1.40 bits per heavy atom. The topological polar surface area (TPSA) is 89.9 Å². The van der Waals surface area contributed by atoms with E-state index in [4.69, 9.17) is 13.1 Å². The summed E-state index contributed by atoms with van der Waals surface area (Å²) in [5, 5.41) is 33.1. The van der Waals surface area contributed by atoms with Crippen LogP contribution in [0.2, 0.25) is 0 Å². The van der Waals surface area contributed by atoms with Crippen LogP contribution in [0.3, 0.4) is 0 Å². The molecule has 0 spiro atoms. The molecule has 10 aromatic rings. The van der Waals surface area contributed by atoms with Gasteiger partial charge in [-0.2, -0.15) is 42.1 Å². The molecule has 0 amide bonds. The van der Waals surface area contributed by atoms with Crippen LogP contribution in [-0.2, 0) is 12.4 Å². The molecule has 8 aromatic carbocycles. The van der Waals surface area contributed by atoms with Crippen molar-refractivity contribution in [2.45, 2.75) is 12.4 Å². The van der Waals surface area contributed by atoms with Gasteiger partial charge in [0.25, 0.3) is 0 Å². The normalized spacial score (nSPS) is 11.6. The van der Waals surface area contributed by atoms with E-state index in [-0.39, 0.29) is 51.1 Å². The molecule has 0 saturated carbocycles. The standard InChI is InChI=1S/C55H25F6N7/c1-65-39-19-31(28-62)17-35(21-39)33-11-15-50-44(23-33)42-7-3-5-9-48(42)67(50)52-27-46(41-14-13-38(54(56,57)58)26-47(41)55(59,60)61)53(25-37(52)30-64)68-49-10-6-4-8-43(49)45-24-34(12-16-51(45)68)36-18-32(29-63)20-40(22-36)66-2/h3-27H. The SMILES string of the molecule is [C-]#[N+]c1cc(C#N)cc(-c2ccc3c(c2)c2ccccc2n3-c2cc(-c3ccc(C(F)(F)F)cc3C(F)(F)F)c(-n3c4ccccc4c4cc(-c5cc(C#N)cc([N+]#[C-])c5)ccc43)cc2C#N)c1. The average Bonchev–Trinajstić information content (AvgIpc) is 3.86. The summed E-state index contributed by atoms with van der Waals surface area (Å²) in [4.78, 5) is 7.03. The maximum absolute atomic E-state index is 15.3. The molecule has 0 aliphatic carbocycles. The van der Waals surface area contributed by atoms with Gasteiger partial charge in [-0.05, 0) is 125 Å². The summed E-state index contributed by atoms with van der Waals surface area (Å²) in [6.07, 6.45) is -10.4. The van der Waals surface area contributed by atoms with Crippen LogP contribution in [0.5, 0.6) is 0 Å². The third-order valence-corrected chi connectivity index (χ3v) is 12.0. The van der Waals surface area contributed by atoms with Crippen molar-refractivity contribution in [3.05, 3.63) is 202 Å². The van der Waals surface area contributed by atoms with Crippen molar-refractivity contribution in [2.75, 3.05) is 0 Å². The van der Waals surface area contributed by atoms with Gasteiger partial charge in [0.1, 0.15) is 6.07 Å². The molecule has 0 unspecified atom stereocenters. The lowest BCUT2D eigenvalue weighted by Crippen LogP contribution is -2.13. The van der Waals surface area contributed by atoms with Crippen LogP contribution < -0.4 is 0 Å². The zero-order chi connectivity index (χ0) is 47.6. The fraction of sp³-hybridized carbons (Fsp3) is 0.0364. The second kappa shape index (κ2) is 15.8. The molecule has 0 saturated heterocycles. The molecule has 0 radical (unpaired) electrons. The zero-order valence-electron chi connectivity index (χ0n) is 34.8. The number of halogens is 6. The first-order valence-electron chi connectivity index (χ1n) is 20.5. The van der Waals surface area contributed by atoms with Gasteiger partial charge in [0.05, 0.1) is 75.4 Å². The van der Waals surface area contributed by atoms with E-state index in [1.807, 2.05) is 24.3 Å². The minimum Gasteiger partial charge on any atom is -0.309 e. The second-order valence-corrected chi connectivity index (χ2v) is 15.9. The first-order valence-corrected chi connectivity index (χ1v) is 20.5. The van der Waals surface area contributed by atoms with Crippen molar-refractivity contribution in [2.24, 2.45) is 0 Å². The van der Waals surface area contributed by atoms with Crippen molar-refractivity contribution in [1.82, 2.24) is 9.13 Å². The van der Waals surface area contributed by atoms with E-state index >= 15 is 13.2 Å². The molecule has 10 rings (SSSR count). The second-order valence-electron chi connectivity index (χ2n) is 15.9. The number of aromatic nitrogens is 2. The lowest BCUT2D eigenvalue weighted by atomic mass is 9.93. The third kappa shape index (κ3) is 6.98. The van der Waals surface area contributed by atoms with Crippen LogP contribution in [0, 0.1) is 47.1 Å². The Morgan fingerprint density at radius 1 is 0.426 bits per heavy atom. The van der Waals surface area contributed by atoms with Crippen LogP contribution in [0.4, 0.5) is 37.7 Å². The van der Waals surface area contributed by atoms with Gasteiger partial charge >= 0.3 is 12.4 Å². The molecule has 0 fully saturated rings. The van der Waals surface area contributed by atoms with E-state index in [2.05, 4.69) is 27.9 Å². The molecular formula is C55H25F6N7. The third-order valence-electron chi connectivity index (χ3n) is 12.0. The van der Waals surface area contributed by atoms with Crippen LogP contribution in [-0.4, -0.2) is 9.13 Å². The van der Waals surface area contributed by atoms with Crippen LogP contribution in [0.1, 0.15) is 27.8 Å². The highest BCUT2D eigenvalue weighted by Gasteiger charge is 2.39. The van der Waals surface area contributed by atoms with Crippen molar-refractivity contribution in [3.8, 4) is 63.0 Å². The quantitative estimate of drug-likeness (QED) is 0.127. The highest BCUT2D eigenvalue weighted by atomic mass is 19.4. The summed E-state index contributed by atoms with van der Waals surface area (Å²) in [7, 11) is 0. The Morgan fingerprint density at radius 2 is 0.926 bits per heavy atom. The van der Waals surface area contributed by atoms with Gasteiger partial charge in [-0.3, -0.25) is 0 Å². The Bertz CT molecular complexity index is 3960. The molecule has 2 aromatic heterocycles. The summed E-state index contributed by atoms with van der Waals surface area (Å²) >= 11 is 0. The summed E-state index contributed by atoms with van der Waals surface area (Å²) in [6.45, 7) is 15.2. The average molecular weight is 898 g/mol. The molecular weight excluding hydrogens is 873 g/mol. The maximum Gasteiger partial charge on any atom is 0.417 e. The fourth-order valence-corrected chi connectivity index (χ4v) is 9.08. The number of nitrogens with zero attached hydrogens (tertiary/aromatic N) is 7.